The topological polar surface area (TPSA) is 40.5 Å². The molecule has 0 amide bonds. The van der Waals surface area contributed by atoms with Crippen molar-refractivity contribution in [3.8, 4) is 0 Å². The quantitative estimate of drug-likeness (QED) is 0.898. The summed E-state index contributed by atoms with van der Waals surface area (Å²) in [7, 11) is 0. The maximum Gasteiger partial charge on any atom is 0.323 e. The van der Waals surface area contributed by atoms with E-state index in [-0.39, 0.29) is 12.0 Å². The Balaban J connectivity index is 2.89. The molecule has 3 nitrogen and oxygen atoms in total. The van der Waals surface area contributed by atoms with Gasteiger partial charge in [-0.25, -0.2) is 0 Å². The number of halogens is 1. The van der Waals surface area contributed by atoms with Crippen molar-refractivity contribution in [1.29, 1.82) is 0 Å². The third-order valence-electron chi connectivity index (χ3n) is 2.18. The molecule has 0 aliphatic rings. The smallest absolute Gasteiger partial charge is 0.323 e. The number of hydrogen-bond donors (Lipinski definition) is 1. The van der Waals surface area contributed by atoms with Gasteiger partial charge in [0, 0.05) is 17.3 Å². The highest BCUT2D eigenvalue weighted by molar-refractivity contribution is 6.30. The van der Waals surface area contributed by atoms with E-state index in [0.29, 0.717) is 11.6 Å². The molecule has 0 saturated carbocycles. The molecule has 0 atom stereocenters. The van der Waals surface area contributed by atoms with Crippen LogP contribution in [0.2, 0.25) is 5.02 Å². The van der Waals surface area contributed by atoms with E-state index in [0.717, 1.165) is 5.69 Å². The minimum absolute atomic E-state index is 0.00109. The summed E-state index contributed by atoms with van der Waals surface area (Å²) < 4.78 is 0. The normalized spacial score (nSPS) is 11.3. The number of nitrogens with zero attached hydrogens (tertiary/aromatic N) is 1. The number of benzene rings is 1. The summed E-state index contributed by atoms with van der Waals surface area (Å²) in [5, 5.41) is 9.58. The van der Waals surface area contributed by atoms with E-state index < -0.39 is 5.97 Å². The molecule has 94 valence electrons. The van der Waals surface area contributed by atoms with E-state index in [1.54, 1.807) is 12.1 Å². The van der Waals surface area contributed by atoms with Gasteiger partial charge in [0.2, 0.25) is 0 Å². The molecule has 1 rings (SSSR count). The monoisotopic (exact) mass is 255 g/mol. The maximum atomic E-state index is 10.9. The summed E-state index contributed by atoms with van der Waals surface area (Å²) in [4.78, 5) is 12.7. The van der Waals surface area contributed by atoms with Gasteiger partial charge in [0.25, 0.3) is 0 Å². The molecular weight excluding hydrogens is 238 g/mol. The number of carboxylic acid groups (broad SMARTS) is 1. The first kappa shape index (κ1) is 13.8. The Bertz CT molecular complexity index is 381. The molecule has 0 saturated heterocycles. The number of aliphatic carboxylic acids is 1. The first-order chi connectivity index (χ1) is 7.78. The largest absolute Gasteiger partial charge is 0.480 e. The number of carboxylic acids is 1. The summed E-state index contributed by atoms with van der Waals surface area (Å²) in [5.41, 5.74) is 0.918. The third kappa shape index (κ3) is 5.09. The van der Waals surface area contributed by atoms with Crippen LogP contribution in [0.15, 0.2) is 24.3 Å². The summed E-state index contributed by atoms with van der Waals surface area (Å²) in [5.74, 6) is -0.829. The van der Waals surface area contributed by atoms with Crippen LogP contribution < -0.4 is 4.90 Å². The summed E-state index contributed by atoms with van der Waals surface area (Å²) in [6, 6.07) is 7.23. The Morgan fingerprint density at radius 3 is 2.24 bits per heavy atom. The Morgan fingerprint density at radius 1 is 1.29 bits per heavy atom. The Morgan fingerprint density at radius 2 is 1.82 bits per heavy atom. The van der Waals surface area contributed by atoms with Crippen molar-refractivity contribution in [1.82, 2.24) is 0 Å². The first-order valence-electron chi connectivity index (χ1n) is 5.50. The van der Waals surface area contributed by atoms with Crippen molar-refractivity contribution >= 4 is 23.3 Å². The van der Waals surface area contributed by atoms with Gasteiger partial charge in [0.05, 0.1) is 0 Å². The molecule has 0 spiro atoms. The van der Waals surface area contributed by atoms with E-state index >= 15 is 0 Å². The van der Waals surface area contributed by atoms with Crippen LogP contribution in [-0.2, 0) is 4.79 Å². The van der Waals surface area contributed by atoms with Crippen molar-refractivity contribution in [3.05, 3.63) is 29.3 Å². The first-order valence-corrected chi connectivity index (χ1v) is 5.88. The van der Waals surface area contributed by atoms with Gasteiger partial charge in [-0.15, -0.1) is 0 Å². The third-order valence-corrected chi connectivity index (χ3v) is 2.44. The molecule has 1 aromatic carbocycles. The van der Waals surface area contributed by atoms with Gasteiger partial charge in [0.15, 0.2) is 0 Å². The van der Waals surface area contributed by atoms with Crippen molar-refractivity contribution in [3.63, 3.8) is 0 Å². The number of rotatable bonds is 4. The second-order valence-electron chi connectivity index (χ2n) is 5.29. The number of hydrogen-bond acceptors (Lipinski definition) is 2. The van der Waals surface area contributed by atoms with Crippen molar-refractivity contribution in [2.75, 3.05) is 18.0 Å². The zero-order valence-corrected chi connectivity index (χ0v) is 11.2. The van der Waals surface area contributed by atoms with Gasteiger partial charge in [-0.3, -0.25) is 4.79 Å². The zero-order valence-electron chi connectivity index (χ0n) is 10.4. The van der Waals surface area contributed by atoms with Gasteiger partial charge >= 0.3 is 5.97 Å². The van der Waals surface area contributed by atoms with E-state index in [1.165, 1.54) is 0 Å². The fraction of sp³-hybridized carbons (Fsp3) is 0.462. The van der Waals surface area contributed by atoms with Crippen molar-refractivity contribution in [2.45, 2.75) is 20.8 Å². The van der Waals surface area contributed by atoms with E-state index in [2.05, 4.69) is 20.8 Å². The fourth-order valence-corrected chi connectivity index (χ4v) is 1.75. The van der Waals surface area contributed by atoms with Crippen LogP contribution in [0.3, 0.4) is 0 Å². The average molecular weight is 256 g/mol. The van der Waals surface area contributed by atoms with Crippen molar-refractivity contribution < 1.29 is 9.90 Å². The maximum absolute atomic E-state index is 10.9. The minimum Gasteiger partial charge on any atom is -0.480 e. The van der Waals surface area contributed by atoms with Gasteiger partial charge in [-0.1, -0.05) is 32.4 Å². The molecule has 17 heavy (non-hydrogen) atoms. The highest BCUT2D eigenvalue weighted by Crippen LogP contribution is 2.23. The van der Waals surface area contributed by atoms with Gasteiger partial charge in [0.1, 0.15) is 6.54 Å². The molecule has 0 aliphatic carbocycles. The summed E-state index contributed by atoms with van der Waals surface area (Å²) in [6.07, 6.45) is 0. The zero-order chi connectivity index (χ0) is 13.1. The van der Waals surface area contributed by atoms with Crippen LogP contribution in [0.25, 0.3) is 0 Å². The highest BCUT2D eigenvalue weighted by Gasteiger charge is 2.18. The van der Waals surface area contributed by atoms with Crippen LogP contribution in [0.5, 0.6) is 0 Å². The lowest BCUT2D eigenvalue weighted by Gasteiger charge is -2.30. The molecule has 4 heteroatoms. The van der Waals surface area contributed by atoms with Gasteiger partial charge < -0.3 is 10.0 Å². The molecule has 0 fully saturated rings. The molecule has 0 aliphatic heterocycles. The van der Waals surface area contributed by atoms with Gasteiger partial charge in [-0.05, 0) is 29.7 Å². The SMILES string of the molecule is CC(C)(C)CN(CC(=O)O)c1ccc(Cl)cc1. The lowest BCUT2D eigenvalue weighted by molar-refractivity contribution is -0.135. The Labute approximate surface area is 107 Å². The van der Waals surface area contributed by atoms with Crippen molar-refractivity contribution in [2.24, 2.45) is 5.41 Å². The highest BCUT2D eigenvalue weighted by atomic mass is 35.5. The van der Waals surface area contributed by atoms with Crippen LogP contribution in [0.1, 0.15) is 20.8 Å². The lowest BCUT2D eigenvalue weighted by Crippen LogP contribution is -2.36. The van der Waals surface area contributed by atoms with Crippen LogP contribution >= 0.6 is 11.6 Å². The minimum atomic E-state index is -0.829. The van der Waals surface area contributed by atoms with Crippen LogP contribution in [-0.4, -0.2) is 24.2 Å². The van der Waals surface area contributed by atoms with E-state index in [1.807, 2.05) is 17.0 Å². The predicted octanol–water partition coefficient (Wildman–Crippen LogP) is 3.28. The van der Waals surface area contributed by atoms with Gasteiger partial charge in [-0.2, -0.15) is 0 Å². The Kier molecular flexibility index (Phi) is 4.40. The second kappa shape index (κ2) is 5.41. The molecule has 0 aromatic heterocycles. The molecular formula is C13H18ClNO2. The van der Waals surface area contributed by atoms with E-state index in [9.17, 15) is 4.79 Å². The molecule has 0 bridgehead atoms. The lowest BCUT2D eigenvalue weighted by atomic mass is 9.95. The van der Waals surface area contributed by atoms with E-state index in [4.69, 9.17) is 16.7 Å². The van der Waals surface area contributed by atoms with Crippen LogP contribution in [0, 0.1) is 5.41 Å². The van der Waals surface area contributed by atoms with Crippen LogP contribution in [0.4, 0.5) is 5.69 Å². The molecule has 1 aromatic rings. The molecule has 0 radical (unpaired) electrons. The fourth-order valence-electron chi connectivity index (χ4n) is 1.63. The molecule has 0 heterocycles. The second-order valence-corrected chi connectivity index (χ2v) is 5.72. The standard InChI is InChI=1S/C13H18ClNO2/c1-13(2,3)9-15(8-12(16)17)11-6-4-10(14)5-7-11/h4-7H,8-9H2,1-3H3,(H,16,17). The number of carbonyl (C=O) groups is 1. The predicted molar refractivity (Wildman–Crippen MR) is 70.8 cm³/mol. The Hall–Kier alpha value is -1.22. The average Bonchev–Trinajstić information content (AvgIpc) is 2.14. The molecule has 0 unspecified atom stereocenters. The number of anilines is 1. The summed E-state index contributed by atoms with van der Waals surface area (Å²) in [6.45, 7) is 6.92. The molecule has 1 N–H and O–H groups in total. The summed E-state index contributed by atoms with van der Waals surface area (Å²) >= 11 is 5.82.